The Kier molecular flexibility index (Phi) is 4.60. The van der Waals surface area contributed by atoms with E-state index in [1.807, 2.05) is 19.1 Å². The molecule has 0 spiro atoms. The standard InChI is InChI=1S/C12H18O2/c1-2-5-10-7-8-12(14)11(10)6-3-4-9-13/h2-5,10-11,13H,6-9H2,1H3/b4-3-,5-2+/t10-,11+/m0/s1. The van der Waals surface area contributed by atoms with Gasteiger partial charge in [-0.2, -0.15) is 0 Å². The van der Waals surface area contributed by atoms with Crippen LogP contribution in [0.25, 0.3) is 0 Å². The fourth-order valence-electron chi connectivity index (χ4n) is 2.04. The van der Waals surface area contributed by atoms with Crippen molar-refractivity contribution >= 4 is 5.78 Å². The number of hydrogen-bond donors (Lipinski definition) is 1. The molecular weight excluding hydrogens is 176 g/mol. The van der Waals surface area contributed by atoms with Crippen LogP contribution in [0.3, 0.4) is 0 Å². The smallest absolute Gasteiger partial charge is 0.136 e. The minimum Gasteiger partial charge on any atom is -0.392 e. The number of hydrogen-bond acceptors (Lipinski definition) is 2. The highest BCUT2D eigenvalue weighted by atomic mass is 16.2. The number of carbonyl (C=O) groups excluding carboxylic acids is 1. The van der Waals surface area contributed by atoms with Gasteiger partial charge in [-0.15, -0.1) is 0 Å². The highest BCUT2D eigenvalue weighted by Crippen LogP contribution is 2.32. The average Bonchev–Trinajstić information content (AvgIpc) is 2.50. The second kappa shape index (κ2) is 5.76. The number of carbonyl (C=O) groups is 1. The van der Waals surface area contributed by atoms with Crippen LogP contribution in [-0.2, 0) is 4.79 Å². The Hall–Kier alpha value is -0.890. The van der Waals surface area contributed by atoms with Crippen LogP contribution in [0.5, 0.6) is 0 Å². The molecule has 2 heteroatoms. The van der Waals surface area contributed by atoms with Crippen molar-refractivity contribution in [2.75, 3.05) is 6.61 Å². The molecule has 0 saturated heterocycles. The van der Waals surface area contributed by atoms with E-state index in [1.165, 1.54) is 0 Å². The van der Waals surface area contributed by atoms with Crippen molar-refractivity contribution in [2.45, 2.75) is 26.2 Å². The maximum atomic E-state index is 11.5. The second-order valence-electron chi connectivity index (χ2n) is 3.69. The van der Waals surface area contributed by atoms with Gasteiger partial charge in [-0.3, -0.25) is 4.79 Å². The molecule has 1 aliphatic rings. The first kappa shape index (κ1) is 11.2. The summed E-state index contributed by atoms with van der Waals surface area (Å²) in [7, 11) is 0. The van der Waals surface area contributed by atoms with Gasteiger partial charge < -0.3 is 5.11 Å². The van der Waals surface area contributed by atoms with Crippen molar-refractivity contribution < 1.29 is 9.90 Å². The van der Waals surface area contributed by atoms with Crippen LogP contribution < -0.4 is 0 Å². The predicted molar refractivity (Wildman–Crippen MR) is 56.9 cm³/mol. The van der Waals surface area contributed by atoms with Crippen LogP contribution >= 0.6 is 0 Å². The summed E-state index contributed by atoms with van der Waals surface area (Å²) in [6.45, 7) is 2.05. The van der Waals surface area contributed by atoms with Gasteiger partial charge >= 0.3 is 0 Å². The van der Waals surface area contributed by atoms with Crippen molar-refractivity contribution in [2.24, 2.45) is 11.8 Å². The zero-order valence-electron chi connectivity index (χ0n) is 8.65. The molecule has 0 unspecified atom stereocenters. The molecule has 1 N–H and O–H groups in total. The van der Waals surface area contributed by atoms with Crippen LogP contribution in [0, 0.1) is 11.8 Å². The molecule has 0 aromatic rings. The number of Topliss-reactive ketones (excluding diaryl/α,β-unsaturated/α-hetero) is 1. The lowest BCUT2D eigenvalue weighted by atomic mass is 9.92. The van der Waals surface area contributed by atoms with Crippen molar-refractivity contribution in [3.05, 3.63) is 24.3 Å². The van der Waals surface area contributed by atoms with Crippen molar-refractivity contribution in [3.8, 4) is 0 Å². The SMILES string of the molecule is C/C=C/[C@H]1CCC(=O)[C@@H]1C/C=C\CO. The van der Waals surface area contributed by atoms with Crippen LogP contribution in [0.2, 0.25) is 0 Å². The third-order valence-corrected chi connectivity index (χ3v) is 2.76. The van der Waals surface area contributed by atoms with Crippen LogP contribution in [0.4, 0.5) is 0 Å². The molecule has 2 atom stereocenters. The van der Waals surface area contributed by atoms with E-state index in [0.717, 1.165) is 12.8 Å². The van der Waals surface area contributed by atoms with E-state index in [0.29, 0.717) is 18.1 Å². The van der Waals surface area contributed by atoms with Gasteiger partial charge in [0.15, 0.2) is 0 Å². The van der Waals surface area contributed by atoms with Gasteiger partial charge in [-0.1, -0.05) is 24.3 Å². The summed E-state index contributed by atoms with van der Waals surface area (Å²) in [6.07, 6.45) is 10.2. The van der Waals surface area contributed by atoms with Crippen LogP contribution in [0.1, 0.15) is 26.2 Å². The van der Waals surface area contributed by atoms with Gasteiger partial charge in [0.1, 0.15) is 5.78 Å². The molecule has 0 heterocycles. The zero-order valence-corrected chi connectivity index (χ0v) is 8.65. The first-order chi connectivity index (χ1) is 6.79. The molecule has 0 aliphatic heterocycles. The maximum Gasteiger partial charge on any atom is 0.136 e. The summed E-state index contributed by atoms with van der Waals surface area (Å²) in [5, 5.41) is 8.59. The average molecular weight is 194 g/mol. The van der Waals surface area contributed by atoms with Crippen molar-refractivity contribution in [3.63, 3.8) is 0 Å². The summed E-state index contributed by atoms with van der Waals surface area (Å²) in [5.74, 6) is 0.931. The van der Waals surface area contributed by atoms with E-state index >= 15 is 0 Å². The van der Waals surface area contributed by atoms with E-state index < -0.39 is 0 Å². The Morgan fingerprint density at radius 3 is 2.93 bits per heavy atom. The predicted octanol–water partition coefficient (Wildman–Crippen LogP) is 2.10. The molecule has 0 aromatic heterocycles. The van der Waals surface area contributed by atoms with Gasteiger partial charge in [-0.05, 0) is 25.7 Å². The molecule has 1 fully saturated rings. The van der Waals surface area contributed by atoms with E-state index in [4.69, 9.17) is 5.11 Å². The monoisotopic (exact) mass is 194 g/mol. The molecule has 1 aliphatic carbocycles. The second-order valence-corrected chi connectivity index (χ2v) is 3.69. The topological polar surface area (TPSA) is 37.3 Å². The molecule has 0 aromatic carbocycles. The van der Waals surface area contributed by atoms with Gasteiger partial charge in [0.25, 0.3) is 0 Å². The van der Waals surface area contributed by atoms with E-state index in [9.17, 15) is 4.79 Å². The minimum absolute atomic E-state index is 0.0647. The zero-order chi connectivity index (χ0) is 10.4. The van der Waals surface area contributed by atoms with E-state index in [2.05, 4.69) is 6.08 Å². The quantitative estimate of drug-likeness (QED) is 0.696. The molecule has 0 bridgehead atoms. The third kappa shape index (κ3) is 2.81. The first-order valence-corrected chi connectivity index (χ1v) is 5.21. The third-order valence-electron chi connectivity index (χ3n) is 2.76. The number of allylic oxidation sites excluding steroid dienone is 3. The molecule has 0 amide bonds. The molecule has 2 nitrogen and oxygen atoms in total. The summed E-state index contributed by atoms with van der Waals surface area (Å²) in [4.78, 5) is 11.5. The lowest BCUT2D eigenvalue weighted by Crippen LogP contribution is -2.12. The number of ketones is 1. The van der Waals surface area contributed by atoms with E-state index in [-0.39, 0.29) is 12.5 Å². The van der Waals surface area contributed by atoms with E-state index in [1.54, 1.807) is 6.08 Å². The Bertz CT molecular complexity index is 241. The molecule has 1 saturated carbocycles. The summed E-state index contributed by atoms with van der Waals surface area (Å²) < 4.78 is 0. The van der Waals surface area contributed by atoms with Crippen molar-refractivity contribution in [1.29, 1.82) is 0 Å². The fraction of sp³-hybridized carbons (Fsp3) is 0.583. The molecule has 1 rings (SSSR count). The van der Waals surface area contributed by atoms with Crippen molar-refractivity contribution in [1.82, 2.24) is 0 Å². The summed E-state index contributed by atoms with van der Waals surface area (Å²) in [5.41, 5.74) is 0. The van der Waals surface area contributed by atoms with Gasteiger partial charge in [0.05, 0.1) is 6.61 Å². The molecule has 0 radical (unpaired) electrons. The number of rotatable bonds is 4. The number of aliphatic hydroxyl groups is 1. The largest absolute Gasteiger partial charge is 0.392 e. The van der Waals surface area contributed by atoms with Crippen LogP contribution in [-0.4, -0.2) is 17.5 Å². The Balaban J connectivity index is 2.53. The fourth-order valence-corrected chi connectivity index (χ4v) is 2.04. The summed E-state index contributed by atoms with van der Waals surface area (Å²) in [6, 6.07) is 0. The first-order valence-electron chi connectivity index (χ1n) is 5.21. The maximum absolute atomic E-state index is 11.5. The van der Waals surface area contributed by atoms with Gasteiger partial charge in [-0.25, -0.2) is 0 Å². The Morgan fingerprint density at radius 1 is 1.50 bits per heavy atom. The lowest BCUT2D eigenvalue weighted by molar-refractivity contribution is -0.120. The molecular formula is C12H18O2. The summed E-state index contributed by atoms with van der Waals surface area (Å²) >= 11 is 0. The van der Waals surface area contributed by atoms with Gasteiger partial charge in [0.2, 0.25) is 0 Å². The number of aliphatic hydroxyl groups excluding tert-OH is 1. The Labute approximate surface area is 85.3 Å². The highest BCUT2D eigenvalue weighted by molar-refractivity contribution is 5.83. The Morgan fingerprint density at radius 2 is 2.29 bits per heavy atom. The molecule has 14 heavy (non-hydrogen) atoms. The van der Waals surface area contributed by atoms with Gasteiger partial charge in [0, 0.05) is 12.3 Å². The lowest BCUT2D eigenvalue weighted by Gasteiger charge is -2.11. The normalized spacial score (nSPS) is 28.3. The van der Waals surface area contributed by atoms with Crippen LogP contribution in [0.15, 0.2) is 24.3 Å². The molecule has 78 valence electrons. The highest BCUT2D eigenvalue weighted by Gasteiger charge is 2.31. The minimum atomic E-state index is 0.0647.